The van der Waals surface area contributed by atoms with E-state index in [2.05, 4.69) is 9.97 Å². The molecule has 0 saturated carbocycles. The van der Waals surface area contributed by atoms with E-state index in [-0.39, 0.29) is 17.3 Å². The van der Waals surface area contributed by atoms with Gasteiger partial charge in [0.2, 0.25) is 0 Å². The number of benzene rings is 2. The number of para-hydroxylation sites is 1. The number of carbonyl (C=O) groups excluding carboxylic acids is 1. The second-order valence-electron chi connectivity index (χ2n) is 6.93. The molecule has 0 amide bonds. The van der Waals surface area contributed by atoms with Gasteiger partial charge in [-0.1, -0.05) is 49.4 Å². The summed E-state index contributed by atoms with van der Waals surface area (Å²) in [5.41, 5.74) is 3.22. The zero-order valence-corrected chi connectivity index (χ0v) is 17.6. The highest BCUT2D eigenvalue weighted by Crippen LogP contribution is 2.29. The van der Waals surface area contributed by atoms with E-state index in [4.69, 9.17) is 4.18 Å². The van der Waals surface area contributed by atoms with Crippen molar-refractivity contribution in [2.75, 3.05) is 5.75 Å². The van der Waals surface area contributed by atoms with Gasteiger partial charge in [-0.15, -0.1) is 0 Å². The van der Waals surface area contributed by atoms with Crippen LogP contribution in [0.5, 0.6) is 5.75 Å². The number of Topliss-reactive ketones (excluding diaryl/α,β-unsaturated/α-hetero) is 1. The van der Waals surface area contributed by atoms with Crippen LogP contribution < -0.4 is 4.18 Å². The predicted octanol–water partition coefficient (Wildman–Crippen LogP) is 4.01. The van der Waals surface area contributed by atoms with Crippen LogP contribution in [0.2, 0.25) is 0 Å². The van der Waals surface area contributed by atoms with Crippen molar-refractivity contribution in [2.24, 2.45) is 0 Å². The van der Waals surface area contributed by atoms with Gasteiger partial charge in [-0.25, -0.2) is 9.97 Å². The Kier molecular flexibility index (Phi) is 7.30. The highest BCUT2D eigenvalue weighted by atomic mass is 32.2. The third-order valence-electron chi connectivity index (χ3n) is 4.69. The molecule has 1 aromatic heterocycles. The molecule has 0 N–H and O–H groups in total. The molecule has 0 aliphatic heterocycles. The first kappa shape index (κ1) is 21.6. The van der Waals surface area contributed by atoms with Crippen LogP contribution in [-0.2, 0) is 27.8 Å². The lowest BCUT2D eigenvalue weighted by Crippen LogP contribution is -2.16. The minimum atomic E-state index is -3.80. The van der Waals surface area contributed by atoms with Crippen molar-refractivity contribution < 1.29 is 17.4 Å². The molecule has 0 aliphatic rings. The molecule has 0 atom stereocenters. The Labute approximate surface area is 177 Å². The van der Waals surface area contributed by atoms with E-state index in [1.807, 2.05) is 31.2 Å². The number of nitrogens with zero attached hydrogens (tertiary/aromatic N) is 2. The maximum absolute atomic E-state index is 12.6. The zero-order chi connectivity index (χ0) is 21.4. The molecule has 2 aromatic carbocycles. The highest BCUT2D eigenvalue weighted by molar-refractivity contribution is 7.87. The second-order valence-corrected chi connectivity index (χ2v) is 8.62. The number of aryl methyl sites for hydroxylation is 2. The number of rotatable bonds is 10. The van der Waals surface area contributed by atoms with Gasteiger partial charge in [0.05, 0.1) is 5.75 Å². The Morgan fingerprint density at radius 2 is 1.67 bits per heavy atom. The predicted molar refractivity (Wildman–Crippen MR) is 116 cm³/mol. The van der Waals surface area contributed by atoms with Crippen LogP contribution in [0.1, 0.15) is 30.9 Å². The summed E-state index contributed by atoms with van der Waals surface area (Å²) >= 11 is 0. The molecule has 1 heterocycles. The summed E-state index contributed by atoms with van der Waals surface area (Å²) in [6.45, 7) is 1.85. The van der Waals surface area contributed by atoms with Gasteiger partial charge in [0, 0.05) is 36.4 Å². The lowest BCUT2D eigenvalue weighted by atomic mass is 10.0. The van der Waals surface area contributed by atoms with Gasteiger partial charge in [0.15, 0.2) is 5.75 Å². The fourth-order valence-corrected chi connectivity index (χ4v) is 4.03. The minimum absolute atomic E-state index is 0.149. The molecule has 0 radical (unpaired) electrons. The van der Waals surface area contributed by atoms with E-state index in [0.717, 1.165) is 11.1 Å². The third-order valence-corrected chi connectivity index (χ3v) is 5.83. The smallest absolute Gasteiger partial charge is 0.309 e. The van der Waals surface area contributed by atoms with E-state index in [0.29, 0.717) is 36.8 Å². The molecule has 0 spiro atoms. The number of hydrogen-bond donors (Lipinski definition) is 0. The SMILES string of the molecule is CCC(=O)CCc1cccc(CCS(=O)(=O)Oc2ccccc2-c2cncnc2)c1. The fourth-order valence-electron chi connectivity index (χ4n) is 3.04. The monoisotopic (exact) mass is 424 g/mol. The van der Waals surface area contributed by atoms with Crippen molar-refractivity contribution in [1.82, 2.24) is 9.97 Å². The van der Waals surface area contributed by atoms with Gasteiger partial charge in [-0.2, -0.15) is 8.42 Å². The third kappa shape index (κ3) is 6.22. The van der Waals surface area contributed by atoms with E-state index >= 15 is 0 Å². The Balaban J connectivity index is 1.67. The molecule has 7 heteroatoms. The second kappa shape index (κ2) is 10.1. The molecule has 0 fully saturated rings. The average molecular weight is 425 g/mol. The Hall–Kier alpha value is -3.06. The van der Waals surface area contributed by atoms with Crippen LogP contribution in [0, 0.1) is 0 Å². The van der Waals surface area contributed by atoms with Crippen LogP contribution in [0.15, 0.2) is 67.3 Å². The lowest BCUT2D eigenvalue weighted by Gasteiger charge is -2.11. The maximum atomic E-state index is 12.6. The van der Waals surface area contributed by atoms with Gasteiger partial charge in [0.1, 0.15) is 12.1 Å². The number of hydrogen-bond acceptors (Lipinski definition) is 6. The van der Waals surface area contributed by atoms with Gasteiger partial charge in [-0.05, 0) is 30.0 Å². The van der Waals surface area contributed by atoms with Crippen molar-refractivity contribution >= 4 is 15.9 Å². The first-order valence-electron chi connectivity index (χ1n) is 9.83. The van der Waals surface area contributed by atoms with E-state index < -0.39 is 10.1 Å². The van der Waals surface area contributed by atoms with Crippen LogP contribution in [-0.4, -0.2) is 29.9 Å². The summed E-state index contributed by atoms with van der Waals surface area (Å²) < 4.78 is 30.6. The fraction of sp³-hybridized carbons (Fsp3) is 0.261. The quantitative estimate of drug-likeness (QED) is 0.457. The summed E-state index contributed by atoms with van der Waals surface area (Å²) in [5, 5.41) is 0. The highest BCUT2D eigenvalue weighted by Gasteiger charge is 2.17. The minimum Gasteiger partial charge on any atom is -0.382 e. The topological polar surface area (TPSA) is 86.2 Å². The summed E-state index contributed by atoms with van der Waals surface area (Å²) in [4.78, 5) is 19.5. The Morgan fingerprint density at radius 1 is 0.967 bits per heavy atom. The van der Waals surface area contributed by atoms with Gasteiger partial charge >= 0.3 is 10.1 Å². The van der Waals surface area contributed by atoms with Crippen LogP contribution in [0.3, 0.4) is 0 Å². The molecule has 0 bridgehead atoms. The first-order valence-corrected chi connectivity index (χ1v) is 11.4. The maximum Gasteiger partial charge on any atom is 0.309 e. The average Bonchev–Trinajstić information content (AvgIpc) is 2.77. The molecule has 0 aliphatic carbocycles. The normalized spacial score (nSPS) is 11.2. The zero-order valence-electron chi connectivity index (χ0n) is 16.8. The van der Waals surface area contributed by atoms with E-state index in [1.54, 1.807) is 36.7 Å². The van der Waals surface area contributed by atoms with Crippen molar-refractivity contribution in [2.45, 2.75) is 32.6 Å². The van der Waals surface area contributed by atoms with Crippen molar-refractivity contribution in [3.63, 3.8) is 0 Å². The van der Waals surface area contributed by atoms with Crippen molar-refractivity contribution in [3.8, 4) is 16.9 Å². The number of aromatic nitrogens is 2. The van der Waals surface area contributed by atoms with E-state index in [9.17, 15) is 13.2 Å². The van der Waals surface area contributed by atoms with E-state index in [1.165, 1.54) is 6.33 Å². The Bertz CT molecular complexity index is 1100. The largest absolute Gasteiger partial charge is 0.382 e. The van der Waals surface area contributed by atoms with Crippen LogP contribution in [0.25, 0.3) is 11.1 Å². The van der Waals surface area contributed by atoms with Crippen molar-refractivity contribution in [1.29, 1.82) is 0 Å². The Morgan fingerprint density at radius 3 is 2.40 bits per heavy atom. The molecular formula is C23H24N2O4S. The van der Waals surface area contributed by atoms with Gasteiger partial charge in [0.25, 0.3) is 0 Å². The van der Waals surface area contributed by atoms with Gasteiger partial charge < -0.3 is 4.18 Å². The van der Waals surface area contributed by atoms with Crippen LogP contribution >= 0.6 is 0 Å². The molecule has 3 rings (SSSR count). The molecule has 6 nitrogen and oxygen atoms in total. The summed E-state index contributed by atoms with van der Waals surface area (Å²) in [7, 11) is -3.80. The molecular weight excluding hydrogens is 400 g/mol. The first-order chi connectivity index (χ1) is 14.5. The van der Waals surface area contributed by atoms with Crippen LogP contribution in [0.4, 0.5) is 0 Å². The van der Waals surface area contributed by atoms with Crippen molar-refractivity contribution in [3.05, 3.63) is 78.4 Å². The number of ketones is 1. The molecule has 30 heavy (non-hydrogen) atoms. The number of carbonyl (C=O) groups is 1. The molecule has 3 aromatic rings. The molecule has 0 saturated heterocycles. The summed E-state index contributed by atoms with van der Waals surface area (Å²) in [6, 6.07) is 14.6. The lowest BCUT2D eigenvalue weighted by molar-refractivity contribution is -0.118. The molecule has 0 unspecified atom stereocenters. The summed E-state index contributed by atoms with van der Waals surface area (Å²) in [6.07, 6.45) is 6.65. The summed E-state index contributed by atoms with van der Waals surface area (Å²) in [5.74, 6) is 0.322. The van der Waals surface area contributed by atoms with Gasteiger partial charge in [-0.3, -0.25) is 4.79 Å². The standard InChI is InChI=1S/C23H24N2O4S/c1-2-21(26)11-10-18-6-5-7-19(14-18)12-13-30(27,28)29-23-9-4-3-8-22(23)20-15-24-17-25-16-20/h3-9,14-17H,2,10-13H2,1H3. The molecule has 156 valence electrons.